The van der Waals surface area contributed by atoms with E-state index in [2.05, 4.69) is 4.98 Å². The van der Waals surface area contributed by atoms with Gasteiger partial charge in [-0.3, -0.25) is 0 Å². The smallest absolute Gasteiger partial charge is 0.335 e. The lowest BCUT2D eigenvalue weighted by Gasteiger charge is -2.36. The molecule has 0 atom stereocenters. The zero-order valence-electron chi connectivity index (χ0n) is 10.4. The lowest BCUT2D eigenvalue weighted by atomic mass is 9.74. The number of benzene rings is 1. The molecule has 3 fully saturated rings. The molecule has 0 spiro atoms. The summed E-state index contributed by atoms with van der Waals surface area (Å²) in [5.74, 6) is -0.182. The summed E-state index contributed by atoms with van der Waals surface area (Å²) in [6, 6.07) is 5.03. The fourth-order valence-electron chi connectivity index (χ4n) is 3.32. The molecule has 1 aliphatic carbocycles. The Labute approximate surface area is 109 Å². The van der Waals surface area contributed by atoms with Crippen molar-refractivity contribution in [2.45, 2.75) is 25.0 Å². The summed E-state index contributed by atoms with van der Waals surface area (Å²) in [5, 5.41) is 9.06. The zero-order valence-corrected chi connectivity index (χ0v) is 10.4. The molecular formula is C14H14N2O3. The van der Waals surface area contributed by atoms with Gasteiger partial charge >= 0.3 is 5.97 Å². The summed E-state index contributed by atoms with van der Waals surface area (Å²) in [6.07, 6.45) is 4.01. The van der Waals surface area contributed by atoms with Gasteiger partial charge in [-0.25, -0.2) is 9.78 Å². The summed E-state index contributed by atoms with van der Waals surface area (Å²) in [7, 11) is 0. The molecule has 1 aromatic carbocycles. The van der Waals surface area contributed by atoms with E-state index in [1.54, 1.807) is 24.5 Å². The molecule has 98 valence electrons. The first-order valence-electron chi connectivity index (χ1n) is 6.47. The summed E-state index contributed by atoms with van der Waals surface area (Å²) >= 11 is 0. The number of carboxylic acid groups (broad SMARTS) is 1. The van der Waals surface area contributed by atoms with Crippen LogP contribution >= 0.6 is 0 Å². The number of rotatable bonds is 3. The van der Waals surface area contributed by atoms with E-state index in [9.17, 15) is 4.79 Å². The third-order valence-electron chi connectivity index (χ3n) is 4.27. The molecule has 3 heterocycles. The van der Waals surface area contributed by atoms with Crippen LogP contribution in [-0.2, 0) is 11.3 Å². The summed E-state index contributed by atoms with van der Waals surface area (Å²) < 4.78 is 7.87. The Bertz CT molecular complexity index is 665. The first-order chi connectivity index (χ1) is 9.15. The van der Waals surface area contributed by atoms with Gasteiger partial charge in [-0.2, -0.15) is 0 Å². The van der Waals surface area contributed by atoms with Crippen LogP contribution in [0.15, 0.2) is 24.5 Å². The van der Waals surface area contributed by atoms with Crippen molar-refractivity contribution in [1.29, 1.82) is 0 Å². The monoisotopic (exact) mass is 258 g/mol. The van der Waals surface area contributed by atoms with Gasteiger partial charge < -0.3 is 14.4 Å². The maximum absolute atomic E-state index is 11.0. The highest BCUT2D eigenvalue weighted by Gasteiger charge is 2.52. The summed E-state index contributed by atoms with van der Waals surface area (Å²) in [5.41, 5.74) is 1.96. The lowest BCUT2D eigenvalue weighted by molar-refractivity contribution is -0.0126. The van der Waals surface area contributed by atoms with Crippen LogP contribution in [0.4, 0.5) is 0 Å². The molecule has 1 N–H and O–H groups in total. The molecular weight excluding hydrogens is 244 g/mol. The molecule has 1 aromatic heterocycles. The third-order valence-corrected chi connectivity index (χ3v) is 4.27. The molecule has 5 heteroatoms. The molecule has 5 nitrogen and oxygen atoms in total. The first kappa shape index (κ1) is 11.0. The number of aromatic carboxylic acids is 1. The highest BCUT2D eigenvalue weighted by atomic mass is 16.5. The Morgan fingerprint density at radius 3 is 3.05 bits per heavy atom. The third kappa shape index (κ3) is 1.58. The maximum atomic E-state index is 11.0. The second-order valence-corrected chi connectivity index (χ2v) is 5.65. The van der Waals surface area contributed by atoms with Crippen LogP contribution in [0.3, 0.4) is 0 Å². The van der Waals surface area contributed by atoms with Crippen molar-refractivity contribution in [3.8, 4) is 0 Å². The number of hydrogen-bond acceptors (Lipinski definition) is 3. The summed E-state index contributed by atoms with van der Waals surface area (Å²) in [4.78, 5) is 15.4. The molecule has 19 heavy (non-hydrogen) atoms. The van der Waals surface area contributed by atoms with Crippen LogP contribution in [0.1, 0.15) is 23.2 Å². The molecule has 0 radical (unpaired) electrons. The predicted octanol–water partition coefficient (Wildman–Crippen LogP) is 1.91. The number of fused-ring (bicyclic) bond motifs is 2. The minimum atomic E-state index is -0.909. The molecule has 2 bridgehead atoms. The van der Waals surface area contributed by atoms with E-state index in [4.69, 9.17) is 9.84 Å². The number of aromatic nitrogens is 2. The second kappa shape index (κ2) is 3.57. The SMILES string of the molecule is O=C(O)c1ccc2ncn(CC34CC(CO3)C4)c2c1. The van der Waals surface area contributed by atoms with Crippen molar-refractivity contribution < 1.29 is 14.6 Å². The lowest BCUT2D eigenvalue weighted by Crippen LogP contribution is -2.40. The highest BCUT2D eigenvalue weighted by Crippen LogP contribution is 2.49. The molecule has 0 amide bonds. The fraction of sp³-hybridized carbons (Fsp3) is 0.429. The van der Waals surface area contributed by atoms with Crippen LogP contribution in [0, 0.1) is 5.92 Å². The van der Waals surface area contributed by atoms with Crippen LogP contribution in [0.5, 0.6) is 0 Å². The van der Waals surface area contributed by atoms with Gasteiger partial charge in [-0.1, -0.05) is 0 Å². The largest absolute Gasteiger partial charge is 0.478 e. The minimum Gasteiger partial charge on any atom is -0.478 e. The van der Waals surface area contributed by atoms with Crippen molar-refractivity contribution in [2.75, 3.05) is 6.61 Å². The number of hydrogen-bond donors (Lipinski definition) is 1. The zero-order chi connectivity index (χ0) is 13.0. The van der Waals surface area contributed by atoms with Gasteiger partial charge in [0.2, 0.25) is 0 Å². The Balaban J connectivity index is 1.73. The number of imidazole rings is 1. The van der Waals surface area contributed by atoms with E-state index < -0.39 is 5.97 Å². The first-order valence-corrected chi connectivity index (χ1v) is 6.47. The Kier molecular flexibility index (Phi) is 2.07. The Morgan fingerprint density at radius 2 is 2.37 bits per heavy atom. The van der Waals surface area contributed by atoms with Crippen molar-refractivity contribution in [1.82, 2.24) is 9.55 Å². The van der Waals surface area contributed by atoms with Crippen molar-refractivity contribution in [2.24, 2.45) is 5.92 Å². The van der Waals surface area contributed by atoms with Gasteiger partial charge in [0.05, 0.1) is 41.7 Å². The van der Waals surface area contributed by atoms with Crippen molar-refractivity contribution in [3.63, 3.8) is 0 Å². The highest BCUT2D eigenvalue weighted by molar-refractivity contribution is 5.92. The van der Waals surface area contributed by atoms with Gasteiger partial charge in [0.25, 0.3) is 0 Å². The average Bonchev–Trinajstić information content (AvgIpc) is 3.03. The van der Waals surface area contributed by atoms with Crippen LogP contribution in [0.2, 0.25) is 0 Å². The van der Waals surface area contributed by atoms with E-state index in [0.29, 0.717) is 5.56 Å². The van der Waals surface area contributed by atoms with Crippen LogP contribution in [0.25, 0.3) is 11.0 Å². The molecule has 3 aliphatic rings. The molecule has 5 rings (SSSR count). The molecule has 2 saturated heterocycles. The van der Waals surface area contributed by atoms with E-state index in [0.717, 1.165) is 42.9 Å². The van der Waals surface area contributed by atoms with Crippen LogP contribution in [-0.4, -0.2) is 32.8 Å². The average molecular weight is 258 g/mol. The molecule has 2 aromatic rings. The fourth-order valence-corrected chi connectivity index (χ4v) is 3.32. The van der Waals surface area contributed by atoms with Crippen LogP contribution < -0.4 is 0 Å². The Hall–Kier alpha value is -1.88. The second-order valence-electron chi connectivity index (χ2n) is 5.65. The Morgan fingerprint density at radius 1 is 1.53 bits per heavy atom. The van der Waals surface area contributed by atoms with Gasteiger partial charge in [0, 0.05) is 0 Å². The standard InChI is InChI=1S/C14H14N2O3/c17-13(18)10-1-2-11-12(3-10)16(8-15-11)7-14-4-9(5-14)6-19-14/h1-3,8-9H,4-7H2,(H,17,18). The predicted molar refractivity (Wildman–Crippen MR) is 68.1 cm³/mol. The van der Waals surface area contributed by atoms with Crippen molar-refractivity contribution >= 4 is 17.0 Å². The van der Waals surface area contributed by atoms with Gasteiger partial charge in [-0.15, -0.1) is 0 Å². The van der Waals surface area contributed by atoms with E-state index in [1.807, 2.05) is 4.57 Å². The van der Waals surface area contributed by atoms with Gasteiger partial charge in [0.15, 0.2) is 0 Å². The molecule has 0 unspecified atom stereocenters. The number of ether oxygens (including phenoxy) is 1. The van der Waals surface area contributed by atoms with E-state index >= 15 is 0 Å². The quantitative estimate of drug-likeness (QED) is 0.913. The number of carboxylic acids is 1. The van der Waals surface area contributed by atoms with E-state index in [-0.39, 0.29) is 5.60 Å². The minimum absolute atomic E-state index is 0.0302. The molecule has 1 saturated carbocycles. The van der Waals surface area contributed by atoms with Gasteiger partial charge in [-0.05, 0) is 37.0 Å². The molecule has 2 aliphatic heterocycles. The van der Waals surface area contributed by atoms with Gasteiger partial charge in [0.1, 0.15) is 0 Å². The van der Waals surface area contributed by atoms with E-state index in [1.165, 1.54) is 0 Å². The maximum Gasteiger partial charge on any atom is 0.335 e. The van der Waals surface area contributed by atoms with Crippen molar-refractivity contribution in [3.05, 3.63) is 30.1 Å². The normalized spacial score (nSPS) is 28.5. The topological polar surface area (TPSA) is 64.3 Å². The number of carbonyl (C=O) groups is 1. The summed E-state index contributed by atoms with van der Waals surface area (Å²) in [6.45, 7) is 1.63. The number of nitrogens with zero attached hydrogens (tertiary/aromatic N) is 2.